The number of hydrogen-bond acceptors (Lipinski definition) is 4. The minimum Gasteiger partial charge on any atom is -0.307 e. The highest BCUT2D eigenvalue weighted by molar-refractivity contribution is 5.75. The van der Waals surface area contributed by atoms with Gasteiger partial charge in [0.1, 0.15) is 6.04 Å². The zero-order valence-electron chi connectivity index (χ0n) is 7.93. The van der Waals surface area contributed by atoms with Crippen molar-refractivity contribution in [1.82, 2.24) is 5.32 Å². The van der Waals surface area contributed by atoms with E-state index in [0.29, 0.717) is 6.42 Å². The lowest BCUT2D eigenvalue weighted by Gasteiger charge is -2.11. The zero-order valence-corrected chi connectivity index (χ0v) is 7.93. The molecule has 4 nitrogen and oxygen atoms in total. The van der Waals surface area contributed by atoms with Gasteiger partial charge >= 0.3 is 5.97 Å². The molecule has 1 aromatic carbocycles. The summed E-state index contributed by atoms with van der Waals surface area (Å²) in [5.41, 5.74) is 1.01. The molecule has 1 rings (SSSR count). The van der Waals surface area contributed by atoms with Gasteiger partial charge in [-0.25, -0.2) is 4.79 Å². The van der Waals surface area contributed by atoms with E-state index in [-0.39, 0.29) is 0 Å². The first-order valence-electron chi connectivity index (χ1n) is 4.34. The van der Waals surface area contributed by atoms with Gasteiger partial charge in [0.15, 0.2) is 0 Å². The van der Waals surface area contributed by atoms with Crippen LogP contribution in [0.25, 0.3) is 0 Å². The van der Waals surface area contributed by atoms with Crippen LogP contribution in [0.3, 0.4) is 0 Å². The van der Waals surface area contributed by atoms with E-state index in [4.69, 9.17) is 5.26 Å². The summed E-state index contributed by atoms with van der Waals surface area (Å²) in [6, 6.07) is 9.01. The van der Waals surface area contributed by atoms with Gasteiger partial charge in [0.05, 0.1) is 0 Å². The van der Waals surface area contributed by atoms with E-state index in [9.17, 15) is 4.79 Å². The van der Waals surface area contributed by atoms with Gasteiger partial charge in [-0.2, -0.15) is 5.26 Å². The van der Waals surface area contributed by atoms with Crippen LogP contribution < -0.4 is 5.32 Å². The van der Waals surface area contributed by atoms with Crippen molar-refractivity contribution in [2.75, 3.05) is 7.05 Å². The molecular formula is C10H13NO3. The van der Waals surface area contributed by atoms with Crippen LogP contribution in [-0.2, 0) is 16.1 Å². The molecule has 0 bridgehead atoms. The number of rotatable bonds is 4. The standard InChI is InChI=1S/C10H13NO3/c1-11-9(10(12)14-13)7-8-5-3-2-4-6-8/h2-6,9,11,13H,7H2,1H3/t9-/m0/s1. The molecule has 0 unspecified atom stereocenters. The van der Waals surface area contributed by atoms with Gasteiger partial charge in [-0.3, -0.25) is 4.89 Å². The van der Waals surface area contributed by atoms with Gasteiger partial charge in [0.25, 0.3) is 0 Å². The van der Waals surface area contributed by atoms with Crippen LogP contribution >= 0.6 is 0 Å². The molecule has 0 aliphatic heterocycles. The zero-order chi connectivity index (χ0) is 10.4. The highest BCUT2D eigenvalue weighted by atomic mass is 17.1. The van der Waals surface area contributed by atoms with Crippen LogP contribution in [0, 0.1) is 0 Å². The Morgan fingerprint density at radius 2 is 2.14 bits per heavy atom. The van der Waals surface area contributed by atoms with Crippen molar-refractivity contribution in [1.29, 1.82) is 0 Å². The lowest BCUT2D eigenvalue weighted by atomic mass is 10.1. The molecule has 0 saturated carbocycles. The highest BCUT2D eigenvalue weighted by Crippen LogP contribution is 2.03. The molecule has 0 aromatic heterocycles. The van der Waals surface area contributed by atoms with E-state index >= 15 is 0 Å². The number of nitrogens with one attached hydrogen (secondary N) is 1. The summed E-state index contributed by atoms with van der Waals surface area (Å²) in [7, 11) is 1.64. The summed E-state index contributed by atoms with van der Waals surface area (Å²) >= 11 is 0. The van der Waals surface area contributed by atoms with E-state index < -0.39 is 12.0 Å². The van der Waals surface area contributed by atoms with Crippen LogP contribution in [0.15, 0.2) is 30.3 Å². The van der Waals surface area contributed by atoms with Crippen molar-refractivity contribution >= 4 is 5.97 Å². The maximum Gasteiger partial charge on any atom is 0.359 e. The lowest BCUT2D eigenvalue weighted by Crippen LogP contribution is -2.36. The predicted octanol–water partition coefficient (Wildman–Crippen LogP) is 0.833. The molecule has 1 aromatic rings. The Kier molecular flexibility index (Phi) is 4.10. The minimum atomic E-state index is -0.670. The number of carbonyl (C=O) groups is 1. The summed E-state index contributed by atoms with van der Waals surface area (Å²) in [6.45, 7) is 0. The van der Waals surface area contributed by atoms with E-state index in [1.807, 2.05) is 30.3 Å². The highest BCUT2D eigenvalue weighted by Gasteiger charge is 2.18. The average Bonchev–Trinajstić information content (AvgIpc) is 2.26. The van der Waals surface area contributed by atoms with Crippen molar-refractivity contribution < 1.29 is 14.9 Å². The Bertz CT molecular complexity index is 287. The van der Waals surface area contributed by atoms with E-state index in [1.165, 1.54) is 0 Å². The molecule has 0 radical (unpaired) electrons. The number of hydrogen-bond donors (Lipinski definition) is 2. The summed E-state index contributed by atoms with van der Waals surface area (Å²) < 4.78 is 0. The van der Waals surface area contributed by atoms with E-state index in [1.54, 1.807) is 7.05 Å². The molecule has 76 valence electrons. The Labute approximate surface area is 82.4 Å². The van der Waals surface area contributed by atoms with Crippen molar-refractivity contribution in [3.05, 3.63) is 35.9 Å². The Hall–Kier alpha value is -1.39. The van der Waals surface area contributed by atoms with Crippen LogP contribution in [0.4, 0.5) is 0 Å². The Morgan fingerprint density at radius 3 is 2.64 bits per heavy atom. The summed E-state index contributed by atoms with van der Waals surface area (Å²) in [5.74, 6) is -0.670. The van der Waals surface area contributed by atoms with Crippen LogP contribution in [0.2, 0.25) is 0 Å². The third-order valence-corrected chi connectivity index (χ3v) is 2.01. The van der Waals surface area contributed by atoms with Crippen LogP contribution in [-0.4, -0.2) is 24.3 Å². The first-order chi connectivity index (χ1) is 6.77. The topological polar surface area (TPSA) is 58.6 Å². The SMILES string of the molecule is CN[C@@H](Cc1ccccc1)C(=O)OO. The average molecular weight is 195 g/mol. The van der Waals surface area contributed by atoms with Crippen molar-refractivity contribution in [3.8, 4) is 0 Å². The molecule has 0 aliphatic rings. The van der Waals surface area contributed by atoms with Gasteiger partial charge in [-0.15, -0.1) is 0 Å². The third kappa shape index (κ3) is 2.83. The van der Waals surface area contributed by atoms with Gasteiger partial charge in [0.2, 0.25) is 0 Å². The second kappa shape index (κ2) is 5.36. The van der Waals surface area contributed by atoms with Gasteiger partial charge < -0.3 is 5.32 Å². The first kappa shape index (κ1) is 10.7. The maximum absolute atomic E-state index is 11.0. The molecule has 1 atom stereocenters. The smallest absolute Gasteiger partial charge is 0.307 e. The normalized spacial score (nSPS) is 12.1. The monoisotopic (exact) mass is 195 g/mol. The van der Waals surface area contributed by atoms with Crippen LogP contribution in [0.1, 0.15) is 5.56 Å². The van der Waals surface area contributed by atoms with E-state index in [0.717, 1.165) is 5.56 Å². The second-order valence-electron chi connectivity index (χ2n) is 2.94. The Morgan fingerprint density at radius 1 is 1.50 bits per heavy atom. The molecule has 0 saturated heterocycles. The quantitative estimate of drug-likeness (QED) is 0.552. The van der Waals surface area contributed by atoms with Gasteiger partial charge in [0, 0.05) is 0 Å². The minimum absolute atomic E-state index is 0.497. The van der Waals surface area contributed by atoms with Gasteiger partial charge in [-0.05, 0) is 19.0 Å². The lowest BCUT2D eigenvalue weighted by molar-refractivity contribution is -0.236. The first-order valence-corrected chi connectivity index (χ1v) is 4.34. The number of benzene rings is 1. The van der Waals surface area contributed by atoms with Crippen LogP contribution in [0.5, 0.6) is 0 Å². The molecular weight excluding hydrogens is 182 g/mol. The maximum atomic E-state index is 11.0. The molecule has 0 fully saturated rings. The second-order valence-corrected chi connectivity index (χ2v) is 2.94. The molecule has 0 heterocycles. The fourth-order valence-corrected chi connectivity index (χ4v) is 1.22. The molecule has 0 aliphatic carbocycles. The van der Waals surface area contributed by atoms with Crippen molar-refractivity contribution in [3.63, 3.8) is 0 Å². The predicted molar refractivity (Wildman–Crippen MR) is 51.7 cm³/mol. The van der Waals surface area contributed by atoms with Crippen molar-refractivity contribution in [2.45, 2.75) is 12.5 Å². The number of likely N-dealkylation sites (N-methyl/N-ethyl adjacent to an activating group) is 1. The van der Waals surface area contributed by atoms with Gasteiger partial charge in [-0.1, -0.05) is 30.3 Å². The summed E-state index contributed by atoms with van der Waals surface area (Å²) in [5, 5.41) is 11.0. The molecule has 14 heavy (non-hydrogen) atoms. The molecule has 2 N–H and O–H groups in total. The van der Waals surface area contributed by atoms with Crippen molar-refractivity contribution in [2.24, 2.45) is 0 Å². The number of carbonyl (C=O) groups excluding carboxylic acids is 1. The fraction of sp³-hybridized carbons (Fsp3) is 0.300. The largest absolute Gasteiger partial charge is 0.359 e. The molecule has 4 heteroatoms. The van der Waals surface area contributed by atoms with E-state index in [2.05, 4.69) is 10.2 Å². The molecule has 0 spiro atoms. The summed E-state index contributed by atoms with van der Waals surface area (Å²) in [4.78, 5) is 14.7. The fourth-order valence-electron chi connectivity index (χ4n) is 1.22. The Balaban J connectivity index is 2.62. The molecule has 0 amide bonds. The third-order valence-electron chi connectivity index (χ3n) is 2.01. The summed E-state index contributed by atoms with van der Waals surface area (Å²) in [6.07, 6.45) is 0.497.